The van der Waals surface area contributed by atoms with E-state index in [4.69, 9.17) is 10.5 Å². The Morgan fingerprint density at radius 1 is 1.22 bits per heavy atom. The topological polar surface area (TPSA) is 122 Å². The zero-order chi connectivity index (χ0) is 27.2. The van der Waals surface area contributed by atoms with Crippen LogP contribution < -0.4 is 15.4 Å². The van der Waals surface area contributed by atoms with Gasteiger partial charge in [0.05, 0.1) is 43.3 Å². The molecule has 1 unspecified atom stereocenters. The minimum atomic E-state index is -3.59. The Hall–Kier alpha value is -2.83. The molecule has 37 heavy (non-hydrogen) atoms. The van der Waals surface area contributed by atoms with Gasteiger partial charge in [-0.05, 0) is 77.2 Å². The predicted molar refractivity (Wildman–Crippen MR) is 144 cm³/mol. The maximum atomic E-state index is 13.3. The molecule has 3 aromatic rings. The molecular formula is C26H32FN3O5S2. The summed E-state index contributed by atoms with van der Waals surface area (Å²) in [5, 5.41) is 16.6. The van der Waals surface area contributed by atoms with Gasteiger partial charge in [-0.25, -0.2) is 12.8 Å². The second-order valence-corrected chi connectivity index (χ2v) is 12.0. The SMILES string of the molecule is C[C@@H](NC(=O)c1cc(COCC(N)(CO)Cc2ccsc2)cc(N(C)S(C)(=O)=O)c1)c1ccc(F)cc1. The van der Waals surface area contributed by atoms with Crippen molar-refractivity contribution in [1.29, 1.82) is 0 Å². The van der Waals surface area contributed by atoms with Crippen molar-refractivity contribution in [2.45, 2.75) is 31.5 Å². The van der Waals surface area contributed by atoms with Crippen LogP contribution in [0.2, 0.25) is 0 Å². The first-order valence-electron chi connectivity index (χ1n) is 11.5. The number of thiophene rings is 1. The van der Waals surface area contributed by atoms with Gasteiger partial charge in [-0.1, -0.05) is 12.1 Å². The predicted octanol–water partition coefficient (Wildman–Crippen LogP) is 3.22. The molecule has 4 N–H and O–H groups in total. The summed E-state index contributed by atoms with van der Waals surface area (Å²) in [7, 11) is -2.19. The molecule has 0 fully saturated rings. The average molecular weight is 550 g/mol. The Bertz CT molecular complexity index is 1300. The van der Waals surface area contributed by atoms with Gasteiger partial charge in [0.1, 0.15) is 5.82 Å². The number of amides is 1. The highest BCUT2D eigenvalue weighted by Crippen LogP contribution is 2.23. The van der Waals surface area contributed by atoms with Gasteiger partial charge in [-0.2, -0.15) is 11.3 Å². The number of sulfonamides is 1. The summed E-state index contributed by atoms with van der Waals surface area (Å²) >= 11 is 1.54. The van der Waals surface area contributed by atoms with Gasteiger partial charge in [-0.15, -0.1) is 0 Å². The van der Waals surface area contributed by atoms with Gasteiger partial charge in [0, 0.05) is 12.6 Å². The quantitative estimate of drug-likeness (QED) is 0.319. The summed E-state index contributed by atoms with van der Waals surface area (Å²) in [5.41, 5.74) is 8.15. The summed E-state index contributed by atoms with van der Waals surface area (Å²) < 4.78 is 44.5. The number of anilines is 1. The summed E-state index contributed by atoms with van der Waals surface area (Å²) in [6.45, 7) is 1.58. The van der Waals surface area contributed by atoms with Crippen LogP contribution in [0.25, 0.3) is 0 Å². The van der Waals surface area contributed by atoms with E-state index >= 15 is 0 Å². The van der Waals surface area contributed by atoms with Crippen molar-refractivity contribution in [2.75, 3.05) is 30.8 Å². The number of carbonyl (C=O) groups excluding carboxylic acids is 1. The summed E-state index contributed by atoms with van der Waals surface area (Å²) in [4.78, 5) is 13.1. The highest BCUT2D eigenvalue weighted by atomic mass is 32.2. The number of aliphatic hydroxyl groups excluding tert-OH is 1. The maximum absolute atomic E-state index is 13.3. The van der Waals surface area contributed by atoms with Crippen LogP contribution in [0.5, 0.6) is 0 Å². The summed E-state index contributed by atoms with van der Waals surface area (Å²) in [5.74, 6) is -0.802. The van der Waals surface area contributed by atoms with E-state index in [-0.39, 0.29) is 31.2 Å². The Kier molecular flexibility index (Phi) is 9.43. The number of halogens is 1. The number of ether oxygens (including phenoxy) is 1. The van der Waals surface area contributed by atoms with Crippen LogP contribution >= 0.6 is 11.3 Å². The Morgan fingerprint density at radius 3 is 2.51 bits per heavy atom. The van der Waals surface area contributed by atoms with E-state index < -0.39 is 27.5 Å². The number of hydrogen-bond acceptors (Lipinski definition) is 7. The van der Waals surface area contributed by atoms with Crippen LogP contribution in [0, 0.1) is 5.82 Å². The van der Waals surface area contributed by atoms with Gasteiger partial charge >= 0.3 is 0 Å². The van der Waals surface area contributed by atoms with Gasteiger partial charge in [-0.3, -0.25) is 9.10 Å². The number of hydrogen-bond donors (Lipinski definition) is 3. The number of nitrogens with zero attached hydrogens (tertiary/aromatic N) is 1. The zero-order valence-electron chi connectivity index (χ0n) is 21.0. The number of aliphatic hydroxyl groups is 1. The van der Waals surface area contributed by atoms with Crippen molar-refractivity contribution in [1.82, 2.24) is 5.32 Å². The fourth-order valence-corrected chi connectivity index (χ4v) is 4.86. The summed E-state index contributed by atoms with van der Waals surface area (Å²) in [6.07, 6.45) is 1.50. The fraction of sp³-hybridized carbons (Fsp3) is 0.346. The minimum absolute atomic E-state index is 0.0435. The fourth-order valence-electron chi connectivity index (χ4n) is 3.70. The first-order chi connectivity index (χ1) is 17.4. The smallest absolute Gasteiger partial charge is 0.251 e. The van der Waals surface area contributed by atoms with Crippen molar-refractivity contribution in [3.8, 4) is 0 Å². The van der Waals surface area contributed by atoms with E-state index in [0.29, 0.717) is 17.7 Å². The lowest BCUT2D eigenvalue weighted by atomic mass is 9.95. The van der Waals surface area contributed by atoms with E-state index in [1.807, 2.05) is 16.8 Å². The first-order valence-corrected chi connectivity index (χ1v) is 14.3. The minimum Gasteiger partial charge on any atom is -0.394 e. The molecule has 8 nitrogen and oxygen atoms in total. The first kappa shape index (κ1) is 28.7. The van der Waals surface area contributed by atoms with Crippen molar-refractivity contribution in [3.63, 3.8) is 0 Å². The van der Waals surface area contributed by atoms with E-state index in [2.05, 4.69) is 5.32 Å². The van der Waals surface area contributed by atoms with Crippen molar-refractivity contribution < 1.29 is 27.4 Å². The Balaban J connectivity index is 1.79. The normalized spacial score (nSPS) is 14.1. The Labute approximate surface area is 220 Å². The summed E-state index contributed by atoms with van der Waals surface area (Å²) in [6, 6.07) is 12.0. The number of benzene rings is 2. The van der Waals surface area contributed by atoms with E-state index in [1.165, 1.54) is 36.6 Å². The lowest BCUT2D eigenvalue weighted by Gasteiger charge is -2.27. The molecule has 1 heterocycles. The van der Waals surface area contributed by atoms with E-state index in [9.17, 15) is 22.7 Å². The monoisotopic (exact) mass is 549 g/mol. The van der Waals surface area contributed by atoms with Gasteiger partial charge in [0.25, 0.3) is 5.91 Å². The maximum Gasteiger partial charge on any atom is 0.251 e. The number of nitrogens with one attached hydrogen (secondary N) is 1. The molecule has 0 saturated carbocycles. The van der Waals surface area contributed by atoms with Crippen LogP contribution in [-0.2, 0) is 27.8 Å². The molecule has 2 aromatic carbocycles. The molecule has 200 valence electrons. The van der Waals surface area contributed by atoms with Gasteiger partial charge in [0.15, 0.2) is 0 Å². The molecule has 1 aromatic heterocycles. The molecule has 0 aliphatic rings. The largest absolute Gasteiger partial charge is 0.394 e. The lowest BCUT2D eigenvalue weighted by Crippen LogP contribution is -2.50. The highest BCUT2D eigenvalue weighted by Gasteiger charge is 2.26. The molecule has 11 heteroatoms. The second kappa shape index (κ2) is 12.1. The van der Waals surface area contributed by atoms with Crippen LogP contribution in [-0.4, -0.2) is 51.5 Å². The van der Waals surface area contributed by atoms with Crippen molar-refractivity contribution in [3.05, 3.63) is 87.4 Å². The number of rotatable bonds is 12. The van der Waals surface area contributed by atoms with Crippen molar-refractivity contribution >= 4 is 33.0 Å². The highest BCUT2D eigenvalue weighted by molar-refractivity contribution is 7.92. The van der Waals surface area contributed by atoms with Crippen LogP contribution in [0.1, 0.15) is 40.0 Å². The Morgan fingerprint density at radius 2 is 1.92 bits per heavy atom. The third-order valence-corrected chi connectivity index (χ3v) is 7.87. The third kappa shape index (κ3) is 8.08. The zero-order valence-corrected chi connectivity index (χ0v) is 22.6. The lowest BCUT2D eigenvalue weighted by molar-refractivity contribution is 0.0458. The molecule has 0 spiro atoms. The van der Waals surface area contributed by atoms with Gasteiger partial charge < -0.3 is 20.9 Å². The second-order valence-electron chi connectivity index (χ2n) is 9.19. The molecule has 1 amide bonds. The van der Waals surface area contributed by atoms with E-state index in [1.54, 1.807) is 31.2 Å². The standard InChI is InChI=1S/C26H32FN3O5S2/c1-18(21-4-6-23(27)7-5-21)29-25(32)22-10-20(11-24(12-22)30(2)37(3,33)34)14-35-17-26(28,16-31)13-19-8-9-36-15-19/h4-12,15,18,31H,13-14,16-17,28H2,1-3H3,(H,29,32)/t18-,26?/m1/s1. The molecule has 2 atom stereocenters. The average Bonchev–Trinajstić information content (AvgIpc) is 3.35. The molecule has 0 aliphatic carbocycles. The van der Waals surface area contributed by atoms with Crippen LogP contribution in [0.4, 0.5) is 10.1 Å². The number of carbonyl (C=O) groups is 1. The molecule has 0 aliphatic heterocycles. The molecule has 3 rings (SSSR count). The third-order valence-electron chi connectivity index (χ3n) is 5.93. The van der Waals surface area contributed by atoms with Crippen molar-refractivity contribution in [2.24, 2.45) is 5.73 Å². The van der Waals surface area contributed by atoms with Gasteiger partial charge in [0.2, 0.25) is 10.0 Å². The molecule has 0 bridgehead atoms. The number of nitrogens with two attached hydrogens (primary N) is 1. The van der Waals surface area contributed by atoms with E-state index in [0.717, 1.165) is 21.7 Å². The molecule has 0 saturated heterocycles. The molecule has 0 radical (unpaired) electrons. The molecular weight excluding hydrogens is 517 g/mol. The van der Waals surface area contributed by atoms with Crippen LogP contribution in [0.3, 0.4) is 0 Å². The van der Waals surface area contributed by atoms with Crippen LogP contribution in [0.15, 0.2) is 59.3 Å².